The average molecular weight is 398 g/mol. The van der Waals surface area contributed by atoms with Gasteiger partial charge in [0.05, 0.1) is 10.0 Å². The molecule has 2 aromatic rings. The Labute approximate surface area is 164 Å². The molecule has 1 aliphatic heterocycles. The van der Waals surface area contributed by atoms with Gasteiger partial charge in [-0.15, -0.1) is 0 Å². The number of nitrogen functional groups attached to an aromatic ring is 1. The van der Waals surface area contributed by atoms with E-state index >= 15 is 0 Å². The summed E-state index contributed by atoms with van der Waals surface area (Å²) in [7, 11) is 0. The van der Waals surface area contributed by atoms with Crippen LogP contribution in [0.3, 0.4) is 0 Å². The first-order valence-corrected chi connectivity index (χ1v) is 9.19. The van der Waals surface area contributed by atoms with Gasteiger partial charge in [0.2, 0.25) is 5.95 Å². The van der Waals surface area contributed by atoms with Crippen LogP contribution in [0.5, 0.6) is 5.75 Å². The lowest BCUT2D eigenvalue weighted by atomic mass is 10.1. The Morgan fingerprint density at radius 3 is 2.54 bits per heavy atom. The van der Waals surface area contributed by atoms with E-state index in [1.807, 2.05) is 19.1 Å². The first kappa shape index (κ1) is 20.7. The van der Waals surface area contributed by atoms with E-state index in [2.05, 4.69) is 14.9 Å². The van der Waals surface area contributed by atoms with Gasteiger partial charge >= 0.3 is 0 Å². The summed E-state index contributed by atoms with van der Waals surface area (Å²) in [6.07, 6.45) is 3.08. The second kappa shape index (κ2) is 9.37. The molecule has 3 rings (SSSR count). The van der Waals surface area contributed by atoms with Gasteiger partial charge in [-0.3, -0.25) is 0 Å². The molecule has 5 N–H and O–H groups in total. The molecule has 26 heavy (non-hydrogen) atoms. The van der Waals surface area contributed by atoms with Crippen molar-refractivity contribution in [2.75, 3.05) is 25.4 Å². The highest BCUT2D eigenvalue weighted by molar-refractivity contribution is 6.42. The number of likely N-dealkylation sites (tertiary alicyclic amines) is 1. The van der Waals surface area contributed by atoms with E-state index in [9.17, 15) is 0 Å². The normalized spacial score (nSPS) is 15.5. The molecule has 1 aromatic heterocycles. The van der Waals surface area contributed by atoms with Crippen molar-refractivity contribution in [1.29, 1.82) is 0 Å². The van der Waals surface area contributed by atoms with E-state index in [-0.39, 0.29) is 12.3 Å². The quantitative estimate of drug-likeness (QED) is 0.792. The molecule has 0 unspecified atom stereocenters. The Hall–Kier alpha value is -1.60. The minimum Gasteiger partial charge on any atom is -0.490 e. The number of nitrogens with two attached hydrogens (primary N) is 1. The maximum atomic E-state index is 6.04. The molecular formula is C18H25Cl2N5O. The first-order chi connectivity index (χ1) is 12.0. The summed E-state index contributed by atoms with van der Waals surface area (Å²) < 4.78 is 6.03. The zero-order valence-electron chi connectivity index (χ0n) is 14.9. The first-order valence-electron chi connectivity index (χ1n) is 8.44. The zero-order chi connectivity index (χ0) is 17.8. The number of piperidine rings is 1. The third-order valence-corrected chi connectivity index (χ3v) is 5.08. The fraction of sp³-hybridized carbons (Fsp3) is 0.444. The van der Waals surface area contributed by atoms with Gasteiger partial charge in [-0.25, -0.2) is 9.97 Å². The lowest BCUT2D eigenvalue weighted by Crippen LogP contribution is -2.39. The van der Waals surface area contributed by atoms with Crippen molar-refractivity contribution in [3.8, 4) is 5.75 Å². The number of aromatic nitrogens is 2. The van der Waals surface area contributed by atoms with Crippen LogP contribution in [0.2, 0.25) is 10.0 Å². The molecule has 1 aliphatic rings. The molecule has 0 radical (unpaired) electrons. The van der Waals surface area contributed by atoms with Crippen molar-refractivity contribution in [2.24, 2.45) is 0 Å². The lowest BCUT2D eigenvalue weighted by Gasteiger charge is -2.32. The molecule has 142 valence electrons. The zero-order valence-corrected chi connectivity index (χ0v) is 16.4. The molecule has 0 atom stereocenters. The molecule has 0 spiro atoms. The van der Waals surface area contributed by atoms with Crippen molar-refractivity contribution < 1.29 is 4.74 Å². The van der Waals surface area contributed by atoms with E-state index in [1.165, 1.54) is 0 Å². The third kappa shape index (κ3) is 5.71. The Balaban J connectivity index is 0.00000243. The van der Waals surface area contributed by atoms with E-state index in [1.54, 1.807) is 12.1 Å². The van der Waals surface area contributed by atoms with Crippen LogP contribution in [0.1, 0.15) is 24.2 Å². The average Bonchev–Trinajstić information content (AvgIpc) is 2.57. The summed E-state index contributed by atoms with van der Waals surface area (Å²) in [5.74, 6) is 1.13. The monoisotopic (exact) mass is 397 g/mol. The molecule has 1 fully saturated rings. The maximum absolute atomic E-state index is 6.04. The number of benzene rings is 1. The van der Waals surface area contributed by atoms with Gasteiger partial charge < -0.3 is 21.5 Å². The van der Waals surface area contributed by atoms with Crippen LogP contribution in [0, 0.1) is 6.92 Å². The maximum Gasteiger partial charge on any atom is 0.220 e. The van der Waals surface area contributed by atoms with Crippen LogP contribution in [0.15, 0.2) is 24.3 Å². The van der Waals surface area contributed by atoms with E-state index < -0.39 is 0 Å². The summed E-state index contributed by atoms with van der Waals surface area (Å²) in [5, 5.41) is 1.07. The highest BCUT2D eigenvalue weighted by Crippen LogP contribution is 2.28. The summed E-state index contributed by atoms with van der Waals surface area (Å²) in [6, 6.07) is 7.40. The molecule has 0 saturated carbocycles. The minimum atomic E-state index is 0. The largest absolute Gasteiger partial charge is 0.490 e. The fourth-order valence-electron chi connectivity index (χ4n) is 3.05. The molecule has 1 aromatic carbocycles. The van der Waals surface area contributed by atoms with Crippen LogP contribution >= 0.6 is 23.2 Å². The van der Waals surface area contributed by atoms with E-state index in [0.29, 0.717) is 16.0 Å². The number of halogens is 2. The van der Waals surface area contributed by atoms with Crippen molar-refractivity contribution in [2.45, 2.75) is 32.3 Å². The van der Waals surface area contributed by atoms with Crippen molar-refractivity contribution in [3.05, 3.63) is 45.7 Å². The molecular weight excluding hydrogens is 373 g/mol. The highest BCUT2D eigenvalue weighted by atomic mass is 35.5. The van der Waals surface area contributed by atoms with Crippen LogP contribution in [-0.2, 0) is 6.42 Å². The molecule has 0 amide bonds. The number of hydrogen-bond donors (Lipinski definition) is 2. The predicted molar refractivity (Wildman–Crippen MR) is 106 cm³/mol. The number of nitrogens with zero attached hydrogens (tertiary/aromatic N) is 3. The molecule has 1 saturated heterocycles. The molecule has 6 nitrogen and oxygen atoms in total. The number of aryl methyl sites for hydroxylation is 1. The van der Waals surface area contributed by atoms with Crippen LogP contribution in [0.25, 0.3) is 0 Å². The molecule has 0 bridgehead atoms. The van der Waals surface area contributed by atoms with Gasteiger partial charge in [-0.2, -0.15) is 0 Å². The second-order valence-corrected chi connectivity index (χ2v) is 7.16. The Kier molecular flexibility index (Phi) is 7.46. The Morgan fingerprint density at radius 1 is 1.15 bits per heavy atom. The molecule has 0 aliphatic carbocycles. The van der Waals surface area contributed by atoms with Gasteiger partial charge in [-0.05, 0) is 38.0 Å². The third-order valence-electron chi connectivity index (χ3n) is 4.34. The molecule has 8 heteroatoms. The summed E-state index contributed by atoms with van der Waals surface area (Å²) in [5.41, 5.74) is 7.62. The smallest absolute Gasteiger partial charge is 0.220 e. The van der Waals surface area contributed by atoms with Crippen LogP contribution in [0.4, 0.5) is 5.95 Å². The summed E-state index contributed by atoms with van der Waals surface area (Å²) >= 11 is 12.0. The van der Waals surface area contributed by atoms with Gasteiger partial charge in [0.15, 0.2) is 0 Å². The highest BCUT2D eigenvalue weighted by Gasteiger charge is 2.20. The Morgan fingerprint density at radius 2 is 1.88 bits per heavy atom. The topological polar surface area (TPSA) is 99.3 Å². The summed E-state index contributed by atoms with van der Waals surface area (Å²) in [4.78, 5) is 10.8. The van der Waals surface area contributed by atoms with Crippen LogP contribution in [-0.4, -0.2) is 40.6 Å². The van der Waals surface area contributed by atoms with Gasteiger partial charge in [-0.1, -0.05) is 23.2 Å². The van der Waals surface area contributed by atoms with Crippen molar-refractivity contribution in [1.82, 2.24) is 21.0 Å². The van der Waals surface area contributed by atoms with Gasteiger partial charge in [0.25, 0.3) is 0 Å². The second-order valence-electron chi connectivity index (χ2n) is 6.34. The number of hydrogen-bond acceptors (Lipinski definition) is 6. The number of anilines is 1. The van der Waals surface area contributed by atoms with E-state index in [4.69, 9.17) is 33.7 Å². The standard InChI is InChI=1S/C18H22Cl2N4O.H3N/c1-12-10-13(23-18(21)22-12)4-7-24-8-5-14(6-9-24)25-15-2-3-16(19)17(20)11-15;/h2-3,10-11,14H,4-9H2,1H3,(H2,21,22,23);1H3. The van der Waals surface area contributed by atoms with Gasteiger partial charge in [0, 0.05) is 43.5 Å². The Bertz CT molecular complexity index is 715. The van der Waals surface area contributed by atoms with Crippen molar-refractivity contribution >= 4 is 29.2 Å². The number of ether oxygens (including phenoxy) is 1. The number of rotatable bonds is 5. The minimum absolute atomic E-state index is 0. The van der Waals surface area contributed by atoms with E-state index in [0.717, 1.165) is 56.0 Å². The predicted octanol–water partition coefficient (Wildman–Crippen LogP) is 3.92. The van der Waals surface area contributed by atoms with Crippen molar-refractivity contribution in [3.63, 3.8) is 0 Å². The van der Waals surface area contributed by atoms with Crippen LogP contribution < -0.4 is 16.6 Å². The fourth-order valence-corrected chi connectivity index (χ4v) is 3.34. The van der Waals surface area contributed by atoms with Gasteiger partial charge in [0.1, 0.15) is 11.9 Å². The lowest BCUT2D eigenvalue weighted by molar-refractivity contribution is 0.101. The molecule has 2 heterocycles. The summed E-state index contributed by atoms with van der Waals surface area (Å²) in [6.45, 7) is 4.92. The SMILES string of the molecule is Cc1cc(CCN2CCC(Oc3ccc(Cl)c(Cl)c3)CC2)nc(N)n1.N.